The van der Waals surface area contributed by atoms with E-state index in [0.717, 1.165) is 28.0 Å². The molecule has 1 aromatic heterocycles. The van der Waals surface area contributed by atoms with Crippen LogP contribution in [0.3, 0.4) is 0 Å². The number of methoxy groups -OCH3 is 1. The van der Waals surface area contributed by atoms with Gasteiger partial charge in [-0.25, -0.2) is 0 Å². The Hall–Kier alpha value is -3.52. The molecule has 27 heavy (non-hydrogen) atoms. The molecule has 1 amide bonds. The van der Waals surface area contributed by atoms with Crippen molar-refractivity contribution in [1.82, 2.24) is 10.3 Å². The van der Waals surface area contributed by atoms with E-state index < -0.39 is 0 Å². The van der Waals surface area contributed by atoms with Gasteiger partial charge >= 0.3 is 0 Å². The van der Waals surface area contributed by atoms with E-state index in [2.05, 4.69) is 22.1 Å². The Morgan fingerprint density at radius 2 is 1.89 bits per heavy atom. The monoisotopic (exact) mass is 360 g/mol. The van der Waals surface area contributed by atoms with Crippen LogP contribution in [0.5, 0.6) is 11.5 Å². The predicted molar refractivity (Wildman–Crippen MR) is 105 cm³/mol. The van der Waals surface area contributed by atoms with E-state index in [-0.39, 0.29) is 19.1 Å². The van der Waals surface area contributed by atoms with E-state index in [0.29, 0.717) is 6.42 Å². The van der Waals surface area contributed by atoms with E-state index in [1.807, 2.05) is 54.6 Å². The maximum absolute atomic E-state index is 11.9. The molecule has 0 unspecified atom stereocenters. The third-order valence-electron chi connectivity index (χ3n) is 3.91. The molecular formula is C22H20N2O3. The standard InChI is InChI=1S/C22H20N2O3/c1-26-19-9-6-17(7-10-19)15-22(25)24-12-2-3-14-27-20-11-8-18-5-4-13-23-21(18)16-20/h4-11,13,16H,12,14-15H2,1H3,(H,24,25). The highest BCUT2D eigenvalue weighted by Gasteiger charge is 2.02. The van der Waals surface area contributed by atoms with Gasteiger partial charge in [-0.15, -0.1) is 0 Å². The molecule has 5 nitrogen and oxygen atoms in total. The van der Waals surface area contributed by atoms with Crippen molar-refractivity contribution in [3.05, 3.63) is 66.4 Å². The number of amides is 1. The highest BCUT2D eigenvalue weighted by Crippen LogP contribution is 2.18. The van der Waals surface area contributed by atoms with Gasteiger partial charge in [-0.05, 0) is 35.9 Å². The molecule has 3 rings (SSSR count). The topological polar surface area (TPSA) is 60.5 Å². The second-order valence-corrected chi connectivity index (χ2v) is 5.80. The first-order valence-corrected chi connectivity index (χ1v) is 8.57. The largest absolute Gasteiger partial charge is 0.497 e. The molecule has 3 aromatic rings. The van der Waals surface area contributed by atoms with Crippen molar-refractivity contribution in [3.8, 4) is 23.3 Å². The number of ether oxygens (including phenoxy) is 2. The molecule has 0 aliphatic heterocycles. The number of carbonyl (C=O) groups is 1. The SMILES string of the molecule is COc1ccc(CC(=O)NCC#CCOc2ccc3cccnc3c2)cc1. The molecule has 0 aliphatic carbocycles. The summed E-state index contributed by atoms with van der Waals surface area (Å²) in [6.45, 7) is 0.546. The minimum atomic E-state index is -0.0732. The van der Waals surface area contributed by atoms with Crippen LogP contribution in [-0.4, -0.2) is 31.2 Å². The highest BCUT2D eigenvalue weighted by atomic mass is 16.5. The Bertz CT molecular complexity index is 972. The lowest BCUT2D eigenvalue weighted by Gasteiger charge is -2.04. The quantitative estimate of drug-likeness (QED) is 0.687. The molecule has 1 heterocycles. The Labute approximate surface area is 158 Å². The molecule has 0 radical (unpaired) electrons. The number of hydrogen-bond donors (Lipinski definition) is 1. The van der Waals surface area contributed by atoms with Crippen LogP contribution in [0.1, 0.15) is 5.56 Å². The number of nitrogens with zero attached hydrogens (tertiary/aromatic N) is 1. The van der Waals surface area contributed by atoms with Gasteiger partial charge in [-0.3, -0.25) is 9.78 Å². The van der Waals surface area contributed by atoms with Gasteiger partial charge in [0, 0.05) is 17.6 Å². The van der Waals surface area contributed by atoms with Crippen molar-refractivity contribution < 1.29 is 14.3 Å². The van der Waals surface area contributed by atoms with Crippen LogP contribution < -0.4 is 14.8 Å². The summed E-state index contributed by atoms with van der Waals surface area (Å²) in [7, 11) is 1.61. The first kappa shape index (κ1) is 18.3. The zero-order valence-electron chi connectivity index (χ0n) is 15.1. The van der Waals surface area contributed by atoms with Crippen molar-refractivity contribution in [2.24, 2.45) is 0 Å². The molecule has 0 fully saturated rings. The minimum Gasteiger partial charge on any atom is -0.497 e. The number of rotatable bonds is 6. The number of hydrogen-bond acceptors (Lipinski definition) is 4. The van der Waals surface area contributed by atoms with Crippen LogP contribution in [0.15, 0.2) is 60.8 Å². The van der Waals surface area contributed by atoms with Gasteiger partial charge in [0.05, 0.1) is 25.6 Å². The van der Waals surface area contributed by atoms with Gasteiger partial charge < -0.3 is 14.8 Å². The third kappa shape index (κ3) is 5.48. The van der Waals surface area contributed by atoms with Crippen LogP contribution in [0, 0.1) is 11.8 Å². The van der Waals surface area contributed by atoms with Gasteiger partial charge in [-0.2, -0.15) is 0 Å². The first-order valence-electron chi connectivity index (χ1n) is 8.57. The number of pyridine rings is 1. The minimum absolute atomic E-state index is 0.0732. The fourth-order valence-corrected chi connectivity index (χ4v) is 2.50. The molecule has 0 bridgehead atoms. The molecule has 0 atom stereocenters. The summed E-state index contributed by atoms with van der Waals surface area (Å²) in [5.74, 6) is 7.20. The Morgan fingerprint density at radius 1 is 1.07 bits per heavy atom. The third-order valence-corrected chi connectivity index (χ3v) is 3.91. The van der Waals surface area contributed by atoms with Crippen LogP contribution in [0.4, 0.5) is 0 Å². The summed E-state index contributed by atoms with van der Waals surface area (Å²) in [6.07, 6.45) is 2.06. The van der Waals surface area contributed by atoms with Crippen molar-refractivity contribution in [2.75, 3.05) is 20.3 Å². The number of nitrogens with one attached hydrogen (secondary N) is 1. The van der Waals surface area contributed by atoms with Crippen molar-refractivity contribution in [3.63, 3.8) is 0 Å². The van der Waals surface area contributed by atoms with E-state index >= 15 is 0 Å². The number of fused-ring (bicyclic) bond motifs is 1. The number of benzene rings is 2. The molecule has 136 valence electrons. The normalized spacial score (nSPS) is 9.96. The lowest BCUT2D eigenvalue weighted by atomic mass is 10.1. The fourth-order valence-electron chi connectivity index (χ4n) is 2.50. The summed E-state index contributed by atoms with van der Waals surface area (Å²) in [6, 6.07) is 17.1. The molecule has 0 aliphatic rings. The summed E-state index contributed by atoms with van der Waals surface area (Å²) >= 11 is 0. The molecule has 0 saturated heterocycles. The summed E-state index contributed by atoms with van der Waals surface area (Å²) in [5, 5.41) is 3.84. The number of carbonyl (C=O) groups excluding carboxylic acids is 1. The predicted octanol–water partition coefficient (Wildman–Crippen LogP) is 2.98. The maximum Gasteiger partial charge on any atom is 0.225 e. The van der Waals surface area contributed by atoms with Gasteiger partial charge in [0.25, 0.3) is 0 Å². The van der Waals surface area contributed by atoms with E-state index in [9.17, 15) is 4.79 Å². The maximum atomic E-state index is 11.9. The van der Waals surface area contributed by atoms with Crippen molar-refractivity contribution in [2.45, 2.75) is 6.42 Å². The summed E-state index contributed by atoms with van der Waals surface area (Å²) in [4.78, 5) is 16.2. The average Bonchev–Trinajstić information content (AvgIpc) is 2.71. The van der Waals surface area contributed by atoms with Crippen LogP contribution in [-0.2, 0) is 11.2 Å². The van der Waals surface area contributed by atoms with Gasteiger partial charge in [0.1, 0.15) is 18.1 Å². The highest BCUT2D eigenvalue weighted by molar-refractivity contribution is 5.79. The zero-order chi connectivity index (χ0) is 18.9. The lowest BCUT2D eigenvalue weighted by Crippen LogP contribution is -2.25. The second kappa shape index (κ2) is 9.25. The van der Waals surface area contributed by atoms with Gasteiger partial charge in [0.15, 0.2) is 0 Å². The fraction of sp³-hybridized carbons (Fsp3) is 0.182. The van der Waals surface area contributed by atoms with Crippen LogP contribution in [0.2, 0.25) is 0 Å². The van der Waals surface area contributed by atoms with Crippen molar-refractivity contribution in [1.29, 1.82) is 0 Å². The van der Waals surface area contributed by atoms with E-state index in [4.69, 9.17) is 9.47 Å². The molecule has 5 heteroatoms. The van der Waals surface area contributed by atoms with E-state index in [1.165, 1.54) is 0 Å². The Morgan fingerprint density at radius 3 is 2.70 bits per heavy atom. The van der Waals surface area contributed by atoms with Crippen molar-refractivity contribution >= 4 is 16.8 Å². The van der Waals surface area contributed by atoms with Crippen LogP contribution >= 0.6 is 0 Å². The van der Waals surface area contributed by atoms with Gasteiger partial charge in [0.2, 0.25) is 5.91 Å². The number of aromatic nitrogens is 1. The average molecular weight is 360 g/mol. The van der Waals surface area contributed by atoms with Gasteiger partial charge in [-0.1, -0.05) is 30.0 Å². The van der Waals surface area contributed by atoms with Crippen LogP contribution in [0.25, 0.3) is 10.9 Å². The second-order valence-electron chi connectivity index (χ2n) is 5.80. The smallest absolute Gasteiger partial charge is 0.225 e. The Kier molecular flexibility index (Phi) is 6.26. The molecular weight excluding hydrogens is 340 g/mol. The summed E-state index contributed by atoms with van der Waals surface area (Å²) < 4.78 is 10.7. The molecule has 1 N–H and O–H groups in total. The molecule has 0 saturated carbocycles. The zero-order valence-corrected chi connectivity index (χ0v) is 15.1. The van der Waals surface area contributed by atoms with E-state index in [1.54, 1.807) is 13.3 Å². The molecule has 2 aromatic carbocycles. The molecule has 0 spiro atoms. The Balaban J connectivity index is 1.40. The summed E-state index contributed by atoms with van der Waals surface area (Å²) in [5.41, 5.74) is 1.81. The lowest BCUT2D eigenvalue weighted by molar-refractivity contribution is -0.120. The first-order chi connectivity index (χ1) is 13.2.